The lowest BCUT2D eigenvalue weighted by molar-refractivity contribution is 0.777. The molecule has 246 valence electrons. The first-order valence-electron chi connectivity index (χ1n) is 17.9. The molecule has 0 radical (unpaired) electrons. The molecule has 0 fully saturated rings. The number of fused-ring (bicyclic) bond motifs is 13. The zero-order valence-corrected chi connectivity index (χ0v) is 30.5. The fraction of sp³-hybridized carbons (Fsp3) is 0.0638. The summed E-state index contributed by atoms with van der Waals surface area (Å²) in [5, 5.41) is 5.38. The van der Waals surface area contributed by atoms with Crippen LogP contribution in [-0.2, 0) is 12.8 Å². The van der Waals surface area contributed by atoms with Crippen molar-refractivity contribution in [1.82, 2.24) is 4.57 Å². The number of nitrogens with zero attached hydrogens (tertiary/aromatic N) is 2. The third kappa shape index (κ3) is 4.16. The standard InChI is InChI=1S/C47H30N2S3/c1-2-10-33-28(9-1)25-39-45(33)49(46-38-13-5-8-16-42(38)52-47(39)46)30-19-17-29(18-20-30)48(31-21-23-36-34-11-3-6-14-40(34)50-43(36)26-31)32-22-24-37-35-12-4-7-15-41(35)51-44(37)27-32/h1-24,26,32H,25,27H2. The van der Waals surface area contributed by atoms with E-state index in [1.165, 1.54) is 100 Å². The molecule has 1 atom stereocenters. The van der Waals surface area contributed by atoms with E-state index in [2.05, 4.69) is 161 Å². The van der Waals surface area contributed by atoms with Gasteiger partial charge in [-0.3, -0.25) is 0 Å². The maximum absolute atomic E-state index is 2.57. The normalized spacial score (nSPS) is 14.9. The molecule has 0 aliphatic heterocycles. The van der Waals surface area contributed by atoms with Gasteiger partial charge in [-0.1, -0.05) is 97.1 Å². The Morgan fingerprint density at radius 3 is 2.10 bits per heavy atom. The zero-order chi connectivity index (χ0) is 33.9. The highest BCUT2D eigenvalue weighted by Crippen LogP contribution is 2.50. The van der Waals surface area contributed by atoms with Crippen LogP contribution in [0.25, 0.3) is 73.6 Å². The van der Waals surface area contributed by atoms with Crippen molar-refractivity contribution in [1.29, 1.82) is 0 Å². The van der Waals surface area contributed by atoms with Crippen molar-refractivity contribution >= 4 is 102 Å². The monoisotopic (exact) mass is 718 g/mol. The third-order valence-corrected chi connectivity index (χ3v) is 14.7. The smallest absolute Gasteiger partial charge is 0.0724 e. The van der Waals surface area contributed by atoms with Gasteiger partial charge in [0.25, 0.3) is 0 Å². The van der Waals surface area contributed by atoms with Crippen molar-refractivity contribution in [2.45, 2.75) is 18.9 Å². The van der Waals surface area contributed by atoms with E-state index in [0.717, 1.165) is 12.8 Å². The molecule has 0 spiro atoms. The van der Waals surface area contributed by atoms with Crippen LogP contribution in [0, 0.1) is 0 Å². The lowest BCUT2D eigenvalue weighted by atomic mass is 9.97. The molecule has 4 aromatic heterocycles. The Balaban J connectivity index is 1.03. The SMILES string of the molecule is C1=CC(N(c2ccc(-n3c4c(c5sc6ccccc6c53)Cc3ccccc3-4)cc2)c2ccc3c(c2)sc2ccccc23)Cc2sc3ccccc3c21. The number of hydrogen-bond acceptors (Lipinski definition) is 4. The van der Waals surface area contributed by atoms with E-state index in [1.807, 2.05) is 34.0 Å². The largest absolute Gasteiger partial charge is 0.334 e. The first-order chi connectivity index (χ1) is 25.8. The summed E-state index contributed by atoms with van der Waals surface area (Å²) in [5.74, 6) is 0. The average Bonchev–Trinajstić information content (AvgIpc) is 3.99. The van der Waals surface area contributed by atoms with Gasteiger partial charge in [0.1, 0.15) is 0 Å². The van der Waals surface area contributed by atoms with E-state index in [0.29, 0.717) is 0 Å². The van der Waals surface area contributed by atoms with Gasteiger partial charge in [0.15, 0.2) is 0 Å². The predicted molar refractivity (Wildman–Crippen MR) is 227 cm³/mol. The lowest BCUT2D eigenvalue weighted by Crippen LogP contribution is -2.32. The van der Waals surface area contributed by atoms with Gasteiger partial charge >= 0.3 is 0 Å². The van der Waals surface area contributed by atoms with E-state index in [9.17, 15) is 0 Å². The molecule has 0 N–H and O–H groups in total. The van der Waals surface area contributed by atoms with Crippen LogP contribution in [0.1, 0.15) is 21.6 Å². The molecule has 12 rings (SSSR count). The van der Waals surface area contributed by atoms with Gasteiger partial charge in [-0.2, -0.15) is 0 Å². The highest BCUT2D eigenvalue weighted by atomic mass is 32.1. The van der Waals surface area contributed by atoms with Crippen LogP contribution in [0.3, 0.4) is 0 Å². The van der Waals surface area contributed by atoms with Gasteiger partial charge in [0.2, 0.25) is 0 Å². The molecule has 2 aliphatic carbocycles. The van der Waals surface area contributed by atoms with Crippen molar-refractivity contribution < 1.29 is 0 Å². The van der Waals surface area contributed by atoms with Crippen LogP contribution < -0.4 is 4.90 Å². The highest BCUT2D eigenvalue weighted by Gasteiger charge is 2.30. The minimum atomic E-state index is 0.188. The van der Waals surface area contributed by atoms with Gasteiger partial charge in [-0.15, -0.1) is 34.0 Å². The summed E-state index contributed by atoms with van der Waals surface area (Å²) in [6, 6.07) is 52.2. The summed E-state index contributed by atoms with van der Waals surface area (Å²) in [6.45, 7) is 0. The molecule has 0 saturated heterocycles. The molecule has 1 unspecified atom stereocenters. The topological polar surface area (TPSA) is 8.17 Å². The van der Waals surface area contributed by atoms with Gasteiger partial charge < -0.3 is 9.47 Å². The maximum atomic E-state index is 2.57. The molecular formula is C47H30N2S3. The highest BCUT2D eigenvalue weighted by molar-refractivity contribution is 7.26. The number of hydrogen-bond donors (Lipinski definition) is 0. The first kappa shape index (κ1) is 29.2. The summed E-state index contributed by atoms with van der Waals surface area (Å²) in [5.41, 5.74) is 12.0. The van der Waals surface area contributed by atoms with Crippen molar-refractivity contribution in [2.24, 2.45) is 0 Å². The van der Waals surface area contributed by atoms with Gasteiger partial charge in [0.05, 0.1) is 22.0 Å². The van der Waals surface area contributed by atoms with Gasteiger partial charge in [0, 0.05) is 80.9 Å². The Hall–Kier alpha value is -5.46. The van der Waals surface area contributed by atoms with Crippen molar-refractivity contribution in [3.63, 3.8) is 0 Å². The molecule has 4 heterocycles. The number of benzene rings is 6. The molecule has 2 aliphatic rings. The van der Waals surface area contributed by atoms with Crippen molar-refractivity contribution in [2.75, 3.05) is 4.90 Å². The Kier molecular flexibility index (Phi) is 6.18. The minimum Gasteiger partial charge on any atom is -0.334 e. The summed E-state index contributed by atoms with van der Waals surface area (Å²) in [7, 11) is 0. The second-order valence-electron chi connectivity index (χ2n) is 14.0. The molecular weight excluding hydrogens is 689 g/mol. The van der Waals surface area contributed by atoms with Crippen molar-refractivity contribution in [3.05, 3.63) is 167 Å². The molecule has 6 aromatic carbocycles. The fourth-order valence-electron chi connectivity index (χ4n) is 8.87. The number of thiophene rings is 3. The number of rotatable bonds is 4. The van der Waals surface area contributed by atoms with Crippen LogP contribution in [-0.4, -0.2) is 10.6 Å². The first-order valence-corrected chi connectivity index (χ1v) is 20.3. The third-order valence-electron chi connectivity index (χ3n) is 11.2. The summed E-state index contributed by atoms with van der Waals surface area (Å²) >= 11 is 5.78. The summed E-state index contributed by atoms with van der Waals surface area (Å²) in [6.07, 6.45) is 6.77. The fourth-order valence-corrected chi connectivity index (χ4v) is 12.5. The number of aromatic nitrogens is 1. The molecule has 0 bridgehead atoms. The summed E-state index contributed by atoms with van der Waals surface area (Å²) < 4.78 is 9.36. The lowest BCUT2D eigenvalue weighted by Gasteiger charge is -2.34. The Morgan fingerprint density at radius 2 is 1.25 bits per heavy atom. The molecule has 0 amide bonds. The second-order valence-corrected chi connectivity index (χ2v) is 17.3. The second kappa shape index (κ2) is 11.0. The van der Waals surface area contributed by atoms with E-state index in [4.69, 9.17) is 0 Å². The van der Waals surface area contributed by atoms with Crippen LogP contribution in [0.2, 0.25) is 0 Å². The van der Waals surface area contributed by atoms with E-state index < -0.39 is 0 Å². The van der Waals surface area contributed by atoms with E-state index in [1.54, 1.807) is 0 Å². The molecule has 10 aromatic rings. The van der Waals surface area contributed by atoms with Gasteiger partial charge in [-0.05, 0) is 71.1 Å². The van der Waals surface area contributed by atoms with Crippen LogP contribution in [0.5, 0.6) is 0 Å². The van der Waals surface area contributed by atoms with Gasteiger partial charge in [-0.25, -0.2) is 0 Å². The van der Waals surface area contributed by atoms with Crippen LogP contribution in [0.15, 0.2) is 146 Å². The van der Waals surface area contributed by atoms with Crippen LogP contribution in [0.4, 0.5) is 11.4 Å². The molecule has 0 saturated carbocycles. The summed E-state index contributed by atoms with van der Waals surface area (Å²) in [4.78, 5) is 4.04. The maximum Gasteiger partial charge on any atom is 0.0724 e. The van der Waals surface area contributed by atoms with Crippen molar-refractivity contribution in [3.8, 4) is 16.9 Å². The molecule has 2 nitrogen and oxygen atoms in total. The molecule has 52 heavy (non-hydrogen) atoms. The Morgan fingerprint density at radius 1 is 0.577 bits per heavy atom. The van der Waals surface area contributed by atoms with E-state index >= 15 is 0 Å². The number of anilines is 2. The van der Waals surface area contributed by atoms with E-state index in [-0.39, 0.29) is 6.04 Å². The Bertz CT molecular complexity index is 3090. The van der Waals surface area contributed by atoms with Crippen LogP contribution >= 0.6 is 34.0 Å². The quantitative estimate of drug-likeness (QED) is 0.176. The minimum absolute atomic E-state index is 0.188. The zero-order valence-electron chi connectivity index (χ0n) is 28.0. The average molecular weight is 719 g/mol. The Labute approximate surface area is 312 Å². The predicted octanol–water partition coefficient (Wildman–Crippen LogP) is 13.8. The molecule has 5 heteroatoms.